The van der Waals surface area contributed by atoms with Crippen molar-refractivity contribution in [2.24, 2.45) is 0 Å². The zero-order valence-electron chi connectivity index (χ0n) is 18.6. The maximum atomic E-state index is 13.1. The van der Waals surface area contributed by atoms with Gasteiger partial charge in [0.05, 0.1) is 31.1 Å². The highest BCUT2D eigenvalue weighted by Gasteiger charge is 2.19. The quantitative estimate of drug-likeness (QED) is 0.294. The zero-order valence-corrected chi connectivity index (χ0v) is 18.6. The van der Waals surface area contributed by atoms with Crippen molar-refractivity contribution in [3.63, 3.8) is 0 Å². The third kappa shape index (κ3) is 4.75. The monoisotopic (exact) mass is 462 g/mol. The maximum Gasteiger partial charge on any atom is 0.270 e. The fraction of sp³-hybridized carbons (Fsp3) is 0.167. The molecule has 2 heterocycles. The maximum absolute atomic E-state index is 13.1. The lowest BCUT2D eigenvalue weighted by Crippen LogP contribution is -2.27. The van der Waals surface area contributed by atoms with Crippen molar-refractivity contribution in [2.45, 2.75) is 6.42 Å². The Morgan fingerprint density at radius 1 is 1.09 bits per heavy atom. The van der Waals surface area contributed by atoms with E-state index in [2.05, 4.69) is 10.4 Å². The molecule has 4 aromatic rings. The standard InChI is InChI=1S/C24H22N4O6/c1-32-22-10-5-16(14-23(22)33-2)11-12-25-24(29)20-15-19(21-4-3-13-34-21)26-27(20)17-6-8-18(9-7-17)28(30)31/h3-10,13-15H,11-12H2,1-2H3,(H,25,29). The fourth-order valence-corrected chi connectivity index (χ4v) is 3.45. The van der Waals surface area contributed by atoms with E-state index >= 15 is 0 Å². The summed E-state index contributed by atoms with van der Waals surface area (Å²) in [5.41, 5.74) is 2.16. The topological polar surface area (TPSA) is 122 Å². The van der Waals surface area contributed by atoms with Crippen LogP contribution in [0.5, 0.6) is 11.5 Å². The molecule has 0 aliphatic heterocycles. The molecule has 34 heavy (non-hydrogen) atoms. The highest BCUT2D eigenvalue weighted by molar-refractivity contribution is 5.94. The molecule has 0 aliphatic rings. The summed E-state index contributed by atoms with van der Waals surface area (Å²) in [5, 5.41) is 18.4. The summed E-state index contributed by atoms with van der Waals surface area (Å²) in [6.07, 6.45) is 2.09. The van der Waals surface area contributed by atoms with Gasteiger partial charge in [0.25, 0.3) is 11.6 Å². The average molecular weight is 462 g/mol. The number of carbonyl (C=O) groups excluding carboxylic acids is 1. The highest BCUT2D eigenvalue weighted by atomic mass is 16.6. The Labute approximate surface area is 194 Å². The van der Waals surface area contributed by atoms with Crippen LogP contribution in [0.2, 0.25) is 0 Å². The molecule has 10 heteroatoms. The van der Waals surface area contributed by atoms with Crippen molar-refractivity contribution in [2.75, 3.05) is 20.8 Å². The summed E-state index contributed by atoms with van der Waals surface area (Å²) in [5.74, 6) is 1.41. The predicted octanol–water partition coefficient (Wildman–Crippen LogP) is 4.03. The molecule has 4 rings (SSSR count). The molecule has 0 bridgehead atoms. The zero-order chi connectivity index (χ0) is 24.1. The van der Waals surface area contributed by atoms with Crippen molar-refractivity contribution >= 4 is 11.6 Å². The van der Waals surface area contributed by atoms with Crippen LogP contribution in [-0.4, -0.2) is 41.4 Å². The molecular weight excluding hydrogens is 440 g/mol. The fourth-order valence-electron chi connectivity index (χ4n) is 3.45. The number of ether oxygens (including phenoxy) is 2. The SMILES string of the molecule is COc1ccc(CCNC(=O)c2cc(-c3ccco3)nn2-c2ccc([N+](=O)[O-])cc2)cc1OC. The smallest absolute Gasteiger partial charge is 0.270 e. The van der Waals surface area contributed by atoms with Crippen molar-refractivity contribution in [1.82, 2.24) is 15.1 Å². The van der Waals surface area contributed by atoms with E-state index in [4.69, 9.17) is 13.9 Å². The Bertz CT molecular complexity index is 1300. The van der Waals surface area contributed by atoms with Crippen LogP contribution in [0, 0.1) is 10.1 Å². The number of non-ortho nitro benzene ring substituents is 1. The Balaban J connectivity index is 1.55. The molecule has 0 unspecified atom stereocenters. The van der Waals surface area contributed by atoms with Gasteiger partial charge in [0.1, 0.15) is 11.4 Å². The normalized spacial score (nSPS) is 10.6. The van der Waals surface area contributed by atoms with E-state index in [-0.39, 0.29) is 17.3 Å². The van der Waals surface area contributed by atoms with Gasteiger partial charge in [0.15, 0.2) is 17.3 Å². The van der Waals surface area contributed by atoms with E-state index in [1.807, 2.05) is 18.2 Å². The second-order valence-electron chi connectivity index (χ2n) is 7.27. The Morgan fingerprint density at radius 2 is 1.85 bits per heavy atom. The Morgan fingerprint density at radius 3 is 2.50 bits per heavy atom. The van der Waals surface area contributed by atoms with E-state index < -0.39 is 4.92 Å². The van der Waals surface area contributed by atoms with Crippen LogP contribution < -0.4 is 14.8 Å². The third-order valence-electron chi connectivity index (χ3n) is 5.17. The van der Waals surface area contributed by atoms with Crippen LogP contribution in [0.1, 0.15) is 16.1 Å². The number of aromatic nitrogens is 2. The number of nitro benzene ring substituents is 1. The predicted molar refractivity (Wildman–Crippen MR) is 124 cm³/mol. The van der Waals surface area contributed by atoms with Gasteiger partial charge < -0.3 is 19.2 Å². The number of amides is 1. The van der Waals surface area contributed by atoms with Gasteiger partial charge in [-0.15, -0.1) is 0 Å². The lowest BCUT2D eigenvalue weighted by molar-refractivity contribution is -0.384. The largest absolute Gasteiger partial charge is 0.493 e. The van der Waals surface area contributed by atoms with Gasteiger partial charge >= 0.3 is 0 Å². The number of nitrogens with zero attached hydrogens (tertiary/aromatic N) is 3. The molecule has 10 nitrogen and oxygen atoms in total. The van der Waals surface area contributed by atoms with Crippen LogP contribution in [-0.2, 0) is 6.42 Å². The van der Waals surface area contributed by atoms with Gasteiger partial charge in [-0.1, -0.05) is 6.07 Å². The summed E-state index contributed by atoms with van der Waals surface area (Å²) < 4.78 is 17.4. The molecule has 0 radical (unpaired) electrons. The van der Waals surface area contributed by atoms with Gasteiger partial charge in [0.2, 0.25) is 0 Å². The molecule has 174 valence electrons. The van der Waals surface area contributed by atoms with Crippen molar-refractivity contribution in [3.05, 3.63) is 88.3 Å². The van der Waals surface area contributed by atoms with Crippen molar-refractivity contribution in [3.8, 4) is 28.6 Å². The number of carbonyl (C=O) groups is 1. The first-order chi connectivity index (χ1) is 16.5. The van der Waals surface area contributed by atoms with E-state index in [1.165, 1.54) is 35.2 Å². The van der Waals surface area contributed by atoms with Crippen LogP contribution in [0.3, 0.4) is 0 Å². The van der Waals surface area contributed by atoms with Gasteiger partial charge in [-0.05, 0) is 48.4 Å². The van der Waals surface area contributed by atoms with E-state index in [1.54, 1.807) is 32.4 Å². The Hall–Kier alpha value is -4.60. The molecule has 2 aromatic carbocycles. The highest BCUT2D eigenvalue weighted by Crippen LogP contribution is 2.28. The van der Waals surface area contributed by atoms with Gasteiger partial charge in [-0.25, -0.2) is 4.68 Å². The van der Waals surface area contributed by atoms with Crippen LogP contribution in [0.4, 0.5) is 5.69 Å². The van der Waals surface area contributed by atoms with E-state index in [9.17, 15) is 14.9 Å². The second kappa shape index (κ2) is 9.90. The minimum absolute atomic E-state index is 0.0527. The summed E-state index contributed by atoms with van der Waals surface area (Å²) in [7, 11) is 3.14. The number of rotatable bonds is 9. The molecule has 0 fully saturated rings. The summed E-state index contributed by atoms with van der Waals surface area (Å²) in [6.45, 7) is 0.371. The molecule has 0 aliphatic carbocycles. The molecule has 0 atom stereocenters. The molecule has 0 saturated carbocycles. The van der Waals surface area contributed by atoms with Crippen LogP contribution >= 0.6 is 0 Å². The first-order valence-electron chi connectivity index (χ1n) is 10.4. The summed E-state index contributed by atoms with van der Waals surface area (Å²) >= 11 is 0. The molecule has 0 spiro atoms. The van der Waals surface area contributed by atoms with Gasteiger partial charge in [-0.3, -0.25) is 14.9 Å². The number of hydrogen-bond acceptors (Lipinski definition) is 7. The number of methoxy groups -OCH3 is 2. The summed E-state index contributed by atoms with van der Waals surface area (Å²) in [6, 6.07) is 16.5. The Kier molecular flexibility index (Phi) is 6.58. The molecule has 2 aromatic heterocycles. The van der Waals surface area contributed by atoms with Crippen LogP contribution in [0.25, 0.3) is 17.1 Å². The average Bonchev–Trinajstić information content (AvgIpc) is 3.54. The van der Waals surface area contributed by atoms with E-state index in [0.29, 0.717) is 41.6 Å². The number of furan rings is 1. The number of nitro groups is 1. The first-order valence-corrected chi connectivity index (χ1v) is 10.4. The first kappa shape index (κ1) is 22.6. The van der Waals surface area contributed by atoms with Gasteiger partial charge in [0, 0.05) is 24.7 Å². The van der Waals surface area contributed by atoms with Crippen LogP contribution in [0.15, 0.2) is 71.3 Å². The lowest BCUT2D eigenvalue weighted by atomic mass is 10.1. The minimum atomic E-state index is -0.483. The second-order valence-corrected chi connectivity index (χ2v) is 7.27. The number of hydrogen-bond donors (Lipinski definition) is 1. The van der Waals surface area contributed by atoms with Crippen molar-refractivity contribution < 1.29 is 23.6 Å². The number of nitrogens with one attached hydrogen (secondary N) is 1. The molecular formula is C24H22N4O6. The van der Waals surface area contributed by atoms with Gasteiger partial charge in [-0.2, -0.15) is 5.10 Å². The van der Waals surface area contributed by atoms with Crippen molar-refractivity contribution in [1.29, 1.82) is 0 Å². The molecule has 0 saturated heterocycles. The lowest BCUT2D eigenvalue weighted by Gasteiger charge is -2.11. The molecule has 1 amide bonds. The number of benzene rings is 2. The van der Waals surface area contributed by atoms with E-state index in [0.717, 1.165) is 5.56 Å². The minimum Gasteiger partial charge on any atom is -0.493 e. The summed E-state index contributed by atoms with van der Waals surface area (Å²) in [4.78, 5) is 23.6. The molecule has 1 N–H and O–H groups in total. The third-order valence-corrected chi connectivity index (χ3v) is 5.17.